The highest BCUT2D eigenvalue weighted by atomic mass is 16.3. The molecule has 0 aliphatic heterocycles. The van der Waals surface area contributed by atoms with Crippen LogP contribution in [-0.4, -0.2) is 15.1 Å². The van der Waals surface area contributed by atoms with Crippen LogP contribution in [0.2, 0.25) is 0 Å². The van der Waals surface area contributed by atoms with Crippen molar-refractivity contribution in [2.24, 2.45) is 0 Å². The van der Waals surface area contributed by atoms with Crippen molar-refractivity contribution in [2.45, 2.75) is 6.42 Å². The quantitative estimate of drug-likeness (QED) is 0.236. The monoisotopic (exact) mass is 505 g/mol. The molecule has 1 N–H and O–H groups in total. The van der Waals surface area contributed by atoms with E-state index in [1.165, 1.54) is 5.56 Å². The highest BCUT2D eigenvalue weighted by Gasteiger charge is 2.16. The summed E-state index contributed by atoms with van der Waals surface area (Å²) < 4.78 is 0. The molecule has 4 aromatic carbocycles. The number of aromatic nitrogens is 2. The Hall–Kier alpha value is -5.22. The van der Waals surface area contributed by atoms with Gasteiger partial charge in [0, 0.05) is 28.7 Å². The molecule has 0 bridgehead atoms. The highest BCUT2D eigenvalue weighted by molar-refractivity contribution is 5.79. The number of nitrogens with zero attached hydrogens (tertiary/aromatic N) is 3. The van der Waals surface area contributed by atoms with Gasteiger partial charge in [-0.25, -0.2) is 9.97 Å². The lowest BCUT2D eigenvalue weighted by atomic mass is 9.97. The Balaban J connectivity index is 1.45. The number of pyridine rings is 2. The maximum Gasteiger partial charge on any atom is 0.137 e. The van der Waals surface area contributed by atoms with Gasteiger partial charge in [-0.3, -0.25) is 4.90 Å². The second kappa shape index (κ2) is 11.0. The Bertz CT molecular complexity index is 1650. The first-order valence-electron chi connectivity index (χ1n) is 12.9. The second-order valence-corrected chi connectivity index (χ2v) is 9.29. The van der Waals surface area contributed by atoms with Crippen LogP contribution < -0.4 is 4.90 Å². The lowest BCUT2D eigenvalue weighted by Gasteiger charge is -2.24. The summed E-state index contributed by atoms with van der Waals surface area (Å²) in [6.07, 6.45) is 2.53. The molecule has 0 unspecified atom stereocenters. The normalized spacial score (nSPS) is 10.8. The van der Waals surface area contributed by atoms with Gasteiger partial charge in [-0.15, -0.1) is 0 Å². The SMILES string of the molecule is Oc1ccccc1-c1nc(-c2cccc(N(c3ccccc3)c3ccccn3)c2)ccc1Cc1ccccc1. The first-order valence-corrected chi connectivity index (χ1v) is 12.9. The average molecular weight is 506 g/mol. The van der Waals surface area contributed by atoms with Crippen molar-refractivity contribution in [3.05, 3.63) is 157 Å². The molecule has 0 aliphatic rings. The summed E-state index contributed by atoms with van der Waals surface area (Å²) in [6.45, 7) is 0. The van der Waals surface area contributed by atoms with Gasteiger partial charge in [0.2, 0.25) is 0 Å². The van der Waals surface area contributed by atoms with Crippen LogP contribution >= 0.6 is 0 Å². The highest BCUT2D eigenvalue weighted by Crippen LogP contribution is 2.37. The summed E-state index contributed by atoms with van der Waals surface area (Å²) in [5, 5.41) is 10.7. The minimum atomic E-state index is 0.218. The molecule has 0 aliphatic carbocycles. The van der Waals surface area contributed by atoms with Crippen LogP contribution in [0.15, 0.2) is 146 Å². The molecule has 0 radical (unpaired) electrons. The van der Waals surface area contributed by atoms with Crippen molar-refractivity contribution in [3.63, 3.8) is 0 Å². The van der Waals surface area contributed by atoms with Crippen molar-refractivity contribution >= 4 is 17.2 Å². The number of hydrogen-bond acceptors (Lipinski definition) is 4. The summed E-state index contributed by atoms with van der Waals surface area (Å²) in [6, 6.07) is 46.4. The number of rotatable bonds is 7. The largest absolute Gasteiger partial charge is 0.507 e. The Morgan fingerprint density at radius 2 is 1.33 bits per heavy atom. The van der Waals surface area contributed by atoms with Crippen molar-refractivity contribution in [2.75, 3.05) is 4.90 Å². The zero-order chi connectivity index (χ0) is 26.4. The molecule has 0 amide bonds. The maximum absolute atomic E-state index is 10.7. The Kier molecular flexibility index (Phi) is 6.83. The van der Waals surface area contributed by atoms with Crippen LogP contribution in [-0.2, 0) is 6.42 Å². The summed E-state index contributed by atoms with van der Waals surface area (Å²) >= 11 is 0. The fourth-order valence-corrected chi connectivity index (χ4v) is 4.80. The van der Waals surface area contributed by atoms with E-state index in [9.17, 15) is 5.11 Å². The third-order valence-electron chi connectivity index (χ3n) is 6.67. The molecule has 39 heavy (non-hydrogen) atoms. The minimum absolute atomic E-state index is 0.218. The molecule has 2 heterocycles. The summed E-state index contributed by atoms with van der Waals surface area (Å²) in [5.41, 5.74) is 7.58. The molecule has 0 saturated carbocycles. The first-order chi connectivity index (χ1) is 19.3. The minimum Gasteiger partial charge on any atom is -0.507 e. The molecule has 0 spiro atoms. The van der Waals surface area contributed by atoms with Gasteiger partial charge < -0.3 is 5.11 Å². The Labute approximate surface area is 228 Å². The van der Waals surface area contributed by atoms with E-state index in [0.29, 0.717) is 0 Å². The predicted octanol–water partition coefficient (Wildman–Crippen LogP) is 8.58. The number of phenols is 1. The van der Waals surface area contributed by atoms with Crippen molar-refractivity contribution in [3.8, 4) is 28.3 Å². The molecule has 6 aromatic rings. The second-order valence-electron chi connectivity index (χ2n) is 9.29. The molecule has 4 heteroatoms. The van der Waals surface area contributed by atoms with E-state index >= 15 is 0 Å². The summed E-state index contributed by atoms with van der Waals surface area (Å²) in [5.74, 6) is 1.05. The van der Waals surface area contributed by atoms with E-state index in [4.69, 9.17) is 4.98 Å². The van der Waals surface area contributed by atoms with Crippen LogP contribution in [0.1, 0.15) is 11.1 Å². The predicted molar refractivity (Wildman–Crippen MR) is 158 cm³/mol. The van der Waals surface area contributed by atoms with E-state index in [1.807, 2.05) is 78.9 Å². The standard InChI is InChI=1S/C35H27N3O/c39-33-19-8-7-18-31(33)35-28(24-26-12-3-1-4-13-26)21-22-32(37-35)27-14-11-17-30(25-27)38(29-15-5-2-6-16-29)34-20-9-10-23-36-34/h1-23,25,39H,24H2. The van der Waals surface area contributed by atoms with Gasteiger partial charge in [0.25, 0.3) is 0 Å². The fraction of sp³-hybridized carbons (Fsp3) is 0.0286. The molecule has 0 saturated heterocycles. The molecular weight excluding hydrogens is 478 g/mol. The van der Waals surface area contributed by atoms with Crippen LogP contribution in [0, 0.1) is 0 Å². The third kappa shape index (κ3) is 5.27. The summed E-state index contributed by atoms with van der Waals surface area (Å²) in [4.78, 5) is 11.9. The van der Waals surface area contributed by atoms with Crippen LogP contribution in [0.4, 0.5) is 17.2 Å². The van der Waals surface area contributed by atoms with E-state index < -0.39 is 0 Å². The van der Waals surface area contributed by atoms with Gasteiger partial charge in [0.15, 0.2) is 0 Å². The zero-order valence-corrected chi connectivity index (χ0v) is 21.4. The van der Waals surface area contributed by atoms with E-state index in [1.54, 1.807) is 12.3 Å². The smallest absolute Gasteiger partial charge is 0.137 e. The van der Waals surface area contributed by atoms with Gasteiger partial charge in [-0.2, -0.15) is 0 Å². The van der Waals surface area contributed by atoms with Crippen molar-refractivity contribution in [1.29, 1.82) is 0 Å². The number of para-hydroxylation sites is 2. The topological polar surface area (TPSA) is 49.3 Å². The van der Waals surface area contributed by atoms with E-state index in [0.717, 1.165) is 51.7 Å². The molecule has 4 nitrogen and oxygen atoms in total. The zero-order valence-electron chi connectivity index (χ0n) is 21.4. The molecule has 6 rings (SSSR count). The maximum atomic E-state index is 10.7. The number of anilines is 3. The summed E-state index contributed by atoms with van der Waals surface area (Å²) in [7, 11) is 0. The van der Waals surface area contributed by atoms with Gasteiger partial charge in [-0.1, -0.05) is 84.9 Å². The lowest BCUT2D eigenvalue weighted by molar-refractivity contribution is 0.477. The lowest BCUT2D eigenvalue weighted by Crippen LogP contribution is -2.11. The molecule has 0 fully saturated rings. The van der Waals surface area contributed by atoms with Gasteiger partial charge >= 0.3 is 0 Å². The first kappa shape index (κ1) is 24.1. The molecular formula is C35H27N3O. The number of aromatic hydroxyl groups is 1. The average Bonchev–Trinajstić information content (AvgIpc) is 3.00. The molecule has 2 aromatic heterocycles. The Morgan fingerprint density at radius 3 is 2.10 bits per heavy atom. The van der Waals surface area contributed by atoms with E-state index in [2.05, 4.69) is 64.5 Å². The molecule has 0 atom stereocenters. The van der Waals surface area contributed by atoms with Gasteiger partial charge in [0.1, 0.15) is 11.6 Å². The Morgan fingerprint density at radius 1 is 0.615 bits per heavy atom. The van der Waals surface area contributed by atoms with Crippen LogP contribution in [0.25, 0.3) is 22.5 Å². The van der Waals surface area contributed by atoms with Gasteiger partial charge in [-0.05, 0) is 72.1 Å². The number of hydrogen-bond donors (Lipinski definition) is 1. The van der Waals surface area contributed by atoms with Gasteiger partial charge in [0.05, 0.1) is 11.4 Å². The molecule has 188 valence electrons. The van der Waals surface area contributed by atoms with Crippen LogP contribution in [0.5, 0.6) is 5.75 Å². The third-order valence-corrected chi connectivity index (χ3v) is 6.67. The fourth-order valence-electron chi connectivity index (χ4n) is 4.80. The van der Waals surface area contributed by atoms with E-state index in [-0.39, 0.29) is 5.75 Å². The number of benzene rings is 4. The number of phenolic OH excluding ortho intramolecular Hbond substituents is 1. The van der Waals surface area contributed by atoms with Crippen molar-refractivity contribution < 1.29 is 5.11 Å². The van der Waals surface area contributed by atoms with Crippen LogP contribution in [0.3, 0.4) is 0 Å². The van der Waals surface area contributed by atoms with Crippen molar-refractivity contribution in [1.82, 2.24) is 9.97 Å².